The number of amides is 1. The van der Waals surface area contributed by atoms with Gasteiger partial charge < -0.3 is 10.2 Å². The van der Waals surface area contributed by atoms with E-state index in [-0.39, 0.29) is 11.9 Å². The molecule has 0 aromatic heterocycles. The van der Waals surface area contributed by atoms with Gasteiger partial charge in [-0.25, -0.2) is 8.42 Å². The van der Waals surface area contributed by atoms with Gasteiger partial charge in [0.1, 0.15) is 5.25 Å². The Morgan fingerprint density at radius 3 is 2.69 bits per heavy atom. The lowest BCUT2D eigenvalue weighted by molar-refractivity contribution is -0.131. The Morgan fingerprint density at radius 2 is 2.19 bits per heavy atom. The second-order valence-corrected chi connectivity index (χ2v) is 6.72. The van der Waals surface area contributed by atoms with Gasteiger partial charge in [0.15, 0.2) is 9.84 Å². The molecule has 1 fully saturated rings. The van der Waals surface area contributed by atoms with E-state index in [9.17, 15) is 13.2 Å². The summed E-state index contributed by atoms with van der Waals surface area (Å²) in [6.45, 7) is 2.86. The third-order valence-corrected chi connectivity index (χ3v) is 4.58. The van der Waals surface area contributed by atoms with Gasteiger partial charge in [-0.15, -0.1) is 0 Å². The van der Waals surface area contributed by atoms with Crippen molar-refractivity contribution in [3.05, 3.63) is 0 Å². The molecular formula is C10H20N2O3S. The van der Waals surface area contributed by atoms with E-state index < -0.39 is 15.1 Å². The van der Waals surface area contributed by atoms with Gasteiger partial charge >= 0.3 is 0 Å². The molecule has 2 unspecified atom stereocenters. The van der Waals surface area contributed by atoms with E-state index in [2.05, 4.69) is 5.32 Å². The highest BCUT2D eigenvalue weighted by Gasteiger charge is 2.34. The number of carbonyl (C=O) groups is 1. The van der Waals surface area contributed by atoms with Crippen molar-refractivity contribution in [1.29, 1.82) is 0 Å². The van der Waals surface area contributed by atoms with E-state index in [4.69, 9.17) is 0 Å². The maximum atomic E-state index is 12.0. The molecular weight excluding hydrogens is 228 g/mol. The summed E-state index contributed by atoms with van der Waals surface area (Å²) in [7, 11) is -1.46. The molecule has 0 aliphatic carbocycles. The van der Waals surface area contributed by atoms with Gasteiger partial charge in [-0.05, 0) is 26.8 Å². The standard InChI is InChI=1S/C10H20N2O3S/c1-8(16(3,14)15)10(13)12-6-4-5-9(12)7-11-2/h8-9,11H,4-7H2,1-3H3. The molecule has 0 radical (unpaired) electrons. The normalized spacial score (nSPS) is 23.4. The lowest BCUT2D eigenvalue weighted by atomic mass is 10.2. The van der Waals surface area contributed by atoms with Gasteiger partial charge in [-0.1, -0.05) is 0 Å². The number of rotatable bonds is 4. The van der Waals surface area contributed by atoms with Gasteiger partial charge in [-0.2, -0.15) is 0 Å². The fraction of sp³-hybridized carbons (Fsp3) is 0.900. The molecule has 0 spiro atoms. The van der Waals surface area contributed by atoms with Crippen LogP contribution in [0.25, 0.3) is 0 Å². The minimum atomic E-state index is -3.29. The number of likely N-dealkylation sites (tertiary alicyclic amines) is 1. The number of hydrogen-bond donors (Lipinski definition) is 1. The third-order valence-electron chi connectivity index (χ3n) is 3.09. The number of likely N-dealkylation sites (N-methyl/N-ethyl adjacent to an activating group) is 1. The van der Waals surface area contributed by atoms with E-state index in [1.807, 2.05) is 7.05 Å². The van der Waals surface area contributed by atoms with Crippen molar-refractivity contribution in [3.8, 4) is 0 Å². The summed E-state index contributed by atoms with van der Waals surface area (Å²) in [5, 5.41) is 2.10. The molecule has 2 atom stereocenters. The molecule has 1 rings (SSSR count). The first kappa shape index (κ1) is 13.4. The minimum absolute atomic E-state index is 0.140. The van der Waals surface area contributed by atoms with Crippen molar-refractivity contribution < 1.29 is 13.2 Å². The van der Waals surface area contributed by atoms with Crippen molar-refractivity contribution in [2.24, 2.45) is 0 Å². The van der Waals surface area contributed by atoms with Crippen LogP contribution in [0.4, 0.5) is 0 Å². The zero-order valence-corrected chi connectivity index (χ0v) is 10.9. The van der Waals surface area contributed by atoms with Gasteiger partial charge in [0.2, 0.25) is 5.91 Å². The summed E-state index contributed by atoms with van der Waals surface area (Å²) >= 11 is 0. The molecule has 1 heterocycles. The van der Waals surface area contributed by atoms with Crippen LogP contribution in [0, 0.1) is 0 Å². The Labute approximate surface area is 97.1 Å². The van der Waals surface area contributed by atoms with Crippen molar-refractivity contribution in [2.75, 3.05) is 26.4 Å². The molecule has 1 aliphatic heterocycles. The fourth-order valence-electron chi connectivity index (χ4n) is 1.99. The average molecular weight is 248 g/mol. The first-order chi connectivity index (χ1) is 7.38. The van der Waals surface area contributed by atoms with Crippen LogP contribution < -0.4 is 5.32 Å². The van der Waals surface area contributed by atoms with Crippen LogP contribution in [0.15, 0.2) is 0 Å². The molecule has 94 valence electrons. The number of sulfone groups is 1. The van der Waals surface area contributed by atoms with Crippen LogP contribution in [0.1, 0.15) is 19.8 Å². The highest BCUT2D eigenvalue weighted by molar-refractivity contribution is 7.92. The molecule has 6 heteroatoms. The summed E-state index contributed by atoms with van der Waals surface area (Å²) < 4.78 is 22.7. The Bertz CT molecular complexity index is 353. The zero-order valence-electron chi connectivity index (χ0n) is 10.1. The molecule has 0 aromatic carbocycles. The lowest BCUT2D eigenvalue weighted by Gasteiger charge is -2.26. The van der Waals surface area contributed by atoms with Gasteiger partial charge in [-0.3, -0.25) is 4.79 Å². The summed E-state index contributed by atoms with van der Waals surface area (Å²) in [5.74, 6) is -0.264. The van der Waals surface area contributed by atoms with E-state index in [0.29, 0.717) is 6.54 Å². The maximum absolute atomic E-state index is 12.0. The SMILES string of the molecule is CNCC1CCCN1C(=O)C(C)S(C)(=O)=O. The van der Waals surface area contributed by atoms with Crippen molar-refractivity contribution in [1.82, 2.24) is 10.2 Å². The molecule has 1 aliphatic rings. The van der Waals surface area contributed by atoms with Gasteiger partial charge in [0, 0.05) is 25.4 Å². The smallest absolute Gasteiger partial charge is 0.240 e. The quantitative estimate of drug-likeness (QED) is 0.737. The number of nitrogens with one attached hydrogen (secondary N) is 1. The van der Waals surface area contributed by atoms with Crippen LogP contribution in [0.5, 0.6) is 0 Å². The summed E-state index contributed by atoms with van der Waals surface area (Å²) in [6, 6.07) is 0.140. The number of carbonyl (C=O) groups excluding carboxylic acids is 1. The van der Waals surface area contributed by atoms with Crippen LogP contribution in [0.2, 0.25) is 0 Å². The lowest BCUT2D eigenvalue weighted by Crippen LogP contribution is -2.46. The highest BCUT2D eigenvalue weighted by Crippen LogP contribution is 2.19. The summed E-state index contributed by atoms with van der Waals surface area (Å²) in [5.41, 5.74) is 0. The number of nitrogens with zero attached hydrogens (tertiary/aromatic N) is 1. The highest BCUT2D eigenvalue weighted by atomic mass is 32.2. The Balaban J connectivity index is 2.73. The molecule has 16 heavy (non-hydrogen) atoms. The second kappa shape index (κ2) is 5.14. The average Bonchev–Trinajstić information content (AvgIpc) is 2.63. The Morgan fingerprint density at radius 1 is 1.56 bits per heavy atom. The van der Waals surface area contributed by atoms with Crippen LogP contribution >= 0.6 is 0 Å². The van der Waals surface area contributed by atoms with E-state index >= 15 is 0 Å². The van der Waals surface area contributed by atoms with Crippen LogP contribution in [-0.4, -0.2) is 56.9 Å². The Kier molecular flexibility index (Phi) is 4.32. The predicted molar refractivity (Wildman–Crippen MR) is 63.0 cm³/mol. The molecule has 5 nitrogen and oxygen atoms in total. The van der Waals surface area contributed by atoms with Crippen molar-refractivity contribution >= 4 is 15.7 Å². The third kappa shape index (κ3) is 2.95. The van der Waals surface area contributed by atoms with E-state index in [1.54, 1.807) is 4.90 Å². The van der Waals surface area contributed by atoms with E-state index in [0.717, 1.165) is 25.6 Å². The summed E-state index contributed by atoms with van der Waals surface area (Å²) in [6.07, 6.45) is 3.01. The molecule has 1 saturated heterocycles. The first-order valence-corrected chi connectivity index (χ1v) is 7.47. The molecule has 1 N–H and O–H groups in total. The monoisotopic (exact) mass is 248 g/mol. The van der Waals surface area contributed by atoms with Crippen molar-refractivity contribution in [3.63, 3.8) is 0 Å². The molecule has 0 saturated carbocycles. The van der Waals surface area contributed by atoms with Crippen molar-refractivity contribution in [2.45, 2.75) is 31.1 Å². The van der Waals surface area contributed by atoms with Gasteiger partial charge in [0.25, 0.3) is 0 Å². The van der Waals surface area contributed by atoms with Gasteiger partial charge in [0.05, 0.1) is 0 Å². The molecule has 0 aromatic rings. The predicted octanol–water partition coefficient (Wildman–Crippen LogP) is -0.370. The molecule has 0 bridgehead atoms. The largest absolute Gasteiger partial charge is 0.337 e. The maximum Gasteiger partial charge on any atom is 0.240 e. The first-order valence-electron chi connectivity index (χ1n) is 5.52. The second-order valence-electron chi connectivity index (χ2n) is 4.36. The van der Waals surface area contributed by atoms with E-state index in [1.165, 1.54) is 6.92 Å². The number of hydrogen-bond acceptors (Lipinski definition) is 4. The zero-order chi connectivity index (χ0) is 12.3. The van der Waals surface area contributed by atoms with Crippen LogP contribution in [-0.2, 0) is 14.6 Å². The minimum Gasteiger partial charge on any atom is -0.337 e. The topological polar surface area (TPSA) is 66.5 Å². The Hall–Kier alpha value is -0.620. The van der Waals surface area contributed by atoms with Crippen LogP contribution in [0.3, 0.4) is 0 Å². The molecule has 1 amide bonds. The summed E-state index contributed by atoms with van der Waals surface area (Å²) in [4.78, 5) is 13.7. The fourth-order valence-corrected chi connectivity index (χ4v) is 2.49.